The van der Waals surface area contributed by atoms with Gasteiger partial charge < -0.3 is 0 Å². The predicted octanol–water partition coefficient (Wildman–Crippen LogP) is 2.97. The molecule has 1 rings (SSSR count). The molecule has 17 heavy (non-hydrogen) atoms. The average molecular weight is 296 g/mol. The van der Waals surface area contributed by atoms with E-state index in [4.69, 9.17) is 10.7 Å². The molecule has 0 spiro atoms. The Morgan fingerprint density at radius 3 is 2.18 bits per heavy atom. The first kappa shape index (κ1) is 14.1. The van der Waals surface area contributed by atoms with Crippen LogP contribution in [0.15, 0.2) is 17.2 Å². The Labute approximate surface area is 96.6 Å². The number of hydrogen-bond acceptors (Lipinski definition) is 3. The van der Waals surface area contributed by atoms with E-state index in [1.54, 1.807) is 0 Å². The van der Waals surface area contributed by atoms with E-state index in [9.17, 15) is 30.4 Å². The quantitative estimate of drug-likeness (QED) is 0.622. The zero-order valence-corrected chi connectivity index (χ0v) is 9.24. The molecule has 0 fully saturated rings. The highest BCUT2D eigenvalue weighted by atomic mass is 35.7. The Morgan fingerprint density at radius 1 is 1.29 bits per heavy atom. The number of nitrogens with zero attached hydrogens (tertiary/aromatic N) is 1. The molecule has 0 amide bonds. The molecule has 0 aliphatic carbocycles. The van der Waals surface area contributed by atoms with Crippen LogP contribution >= 0.6 is 10.7 Å². The van der Waals surface area contributed by atoms with Gasteiger partial charge in [0.15, 0.2) is 0 Å². The number of alkyl halides is 5. The molecular formula is C7H3ClF5NO2S. The topological polar surface area (TPSA) is 47.0 Å². The Balaban J connectivity index is 3.55. The van der Waals surface area contributed by atoms with Crippen molar-refractivity contribution in [2.75, 3.05) is 0 Å². The highest BCUT2D eigenvalue weighted by Crippen LogP contribution is 2.36. The van der Waals surface area contributed by atoms with Crippen molar-refractivity contribution in [3.63, 3.8) is 0 Å². The first-order valence-electron chi connectivity index (χ1n) is 3.83. The SMILES string of the molecule is O=S(=O)(Cl)c1cnc(C(F)F)cc1C(F)(F)F. The summed E-state index contributed by atoms with van der Waals surface area (Å²) in [6.45, 7) is 0. The minimum Gasteiger partial charge on any atom is -0.254 e. The summed E-state index contributed by atoms with van der Waals surface area (Å²) in [6, 6.07) is -0.0417. The number of pyridine rings is 1. The molecule has 0 aliphatic heterocycles. The molecule has 1 aromatic rings. The van der Waals surface area contributed by atoms with Crippen molar-refractivity contribution in [2.45, 2.75) is 17.5 Å². The fourth-order valence-corrected chi connectivity index (χ4v) is 1.98. The second-order valence-electron chi connectivity index (χ2n) is 2.84. The van der Waals surface area contributed by atoms with Gasteiger partial charge in [0.1, 0.15) is 10.6 Å². The first-order valence-corrected chi connectivity index (χ1v) is 6.14. The van der Waals surface area contributed by atoms with E-state index in [0.29, 0.717) is 0 Å². The Hall–Kier alpha value is -0.960. The van der Waals surface area contributed by atoms with Crippen LogP contribution in [0.5, 0.6) is 0 Å². The molecule has 3 nitrogen and oxygen atoms in total. The van der Waals surface area contributed by atoms with E-state index in [-0.39, 0.29) is 12.3 Å². The fourth-order valence-electron chi connectivity index (χ4n) is 0.994. The zero-order valence-electron chi connectivity index (χ0n) is 7.67. The van der Waals surface area contributed by atoms with Crippen molar-refractivity contribution in [2.24, 2.45) is 0 Å². The van der Waals surface area contributed by atoms with E-state index in [0.717, 1.165) is 0 Å². The second-order valence-corrected chi connectivity index (χ2v) is 5.38. The van der Waals surface area contributed by atoms with Gasteiger partial charge >= 0.3 is 6.18 Å². The summed E-state index contributed by atoms with van der Waals surface area (Å²) in [5.41, 5.74) is -2.95. The molecule has 0 aliphatic rings. The van der Waals surface area contributed by atoms with Crippen molar-refractivity contribution in [1.29, 1.82) is 0 Å². The van der Waals surface area contributed by atoms with Gasteiger partial charge in [-0.3, -0.25) is 4.98 Å². The second kappa shape index (κ2) is 4.37. The highest BCUT2D eigenvalue weighted by molar-refractivity contribution is 8.13. The number of aromatic nitrogens is 1. The third kappa shape index (κ3) is 3.25. The van der Waals surface area contributed by atoms with Crippen molar-refractivity contribution >= 4 is 19.7 Å². The van der Waals surface area contributed by atoms with Crippen LogP contribution in [0.25, 0.3) is 0 Å². The van der Waals surface area contributed by atoms with E-state index < -0.39 is 37.8 Å². The minimum absolute atomic E-state index is 0.0417. The molecule has 0 unspecified atom stereocenters. The molecule has 0 saturated carbocycles. The van der Waals surface area contributed by atoms with Gasteiger partial charge in [0.05, 0.1) is 5.56 Å². The smallest absolute Gasteiger partial charge is 0.254 e. The highest BCUT2D eigenvalue weighted by Gasteiger charge is 2.38. The van der Waals surface area contributed by atoms with E-state index in [1.165, 1.54) is 0 Å². The van der Waals surface area contributed by atoms with Crippen LogP contribution in [0.4, 0.5) is 22.0 Å². The molecule has 0 atom stereocenters. The van der Waals surface area contributed by atoms with E-state index >= 15 is 0 Å². The molecule has 1 heterocycles. The minimum atomic E-state index is -5.12. The van der Waals surface area contributed by atoms with Crippen LogP contribution in [0, 0.1) is 0 Å². The summed E-state index contributed by atoms with van der Waals surface area (Å²) in [7, 11) is 0.0321. The maximum atomic E-state index is 12.4. The molecule has 0 bridgehead atoms. The maximum absolute atomic E-state index is 12.4. The number of halogens is 6. The van der Waals surface area contributed by atoms with Gasteiger partial charge in [-0.2, -0.15) is 13.2 Å². The molecule has 10 heteroatoms. The third-order valence-electron chi connectivity index (χ3n) is 1.68. The predicted molar refractivity (Wildman–Crippen MR) is 47.2 cm³/mol. The molecule has 0 aromatic carbocycles. The summed E-state index contributed by atoms with van der Waals surface area (Å²) in [4.78, 5) is 1.55. The van der Waals surface area contributed by atoms with E-state index in [2.05, 4.69) is 4.98 Å². The van der Waals surface area contributed by atoms with Crippen LogP contribution in [0.3, 0.4) is 0 Å². The molecule has 1 aromatic heterocycles. The van der Waals surface area contributed by atoms with Gasteiger partial charge in [0, 0.05) is 16.9 Å². The first-order chi connectivity index (χ1) is 7.53. The largest absolute Gasteiger partial charge is 0.417 e. The Morgan fingerprint density at radius 2 is 1.82 bits per heavy atom. The average Bonchev–Trinajstić information content (AvgIpc) is 2.14. The van der Waals surface area contributed by atoms with Crippen LogP contribution in [-0.4, -0.2) is 13.4 Å². The molecule has 96 valence electrons. The fraction of sp³-hybridized carbons (Fsp3) is 0.286. The third-order valence-corrected chi connectivity index (χ3v) is 3.03. The van der Waals surface area contributed by atoms with Crippen LogP contribution in [0.1, 0.15) is 17.7 Å². The van der Waals surface area contributed by atoms with Crippen LogP contribution < -0.4 is 0 Å². The lowest BCUT2D eigenvalue weighted by molar-refractivity contribution is -0.140. The molecule has 0 N–H and O–H groups in total. The maximum Gasteiger partial charge on any atom is 0.417 e. The van der Waals surface area contributed by atoms with Gasteiger partial charge in [0.2, 0.25) is 0 Å². The molecule has 0 saturated heterocycles. The lowest BCUT2D eigenvalue weighted by Gasteiger charge is -2.11. The van der Waals surface area contributed by atoms with Crippen LogP contribution in [-0.2, 0) is 15.2 Å². The number of hydrogen-bond donors (Lipinski definition) is 0. The van der Waals surface area contributed by atoms with Crippen molar-refractivity contribution in [3.8, 4) is 0 Å². The summed E-state index contributed by atoms with van der Waals surface area (Å²) >= 11 is 0. The van der Waals surface area contributed by atoms with E-state index in [1.807, 2.05) is 0 Å². The lowest BCUT2D eigenvalue weighted by Crippen LogP contribution is -2.12. The summed E-state index contributed by atoms with van der Waals surface area (Å²) in [5, 5.41) is 0. The van der Waals surface area contributed by atoms with Gasteiger partial charge in [-0.05, 0) is 6.07 Å². The summed E-state index contributed by atoms with van der Waals surface area (Å²) in [5.74, 6) is 0. The monoisotopic (exact) mass is 295 g/mol. The normalized spacial score (nSPS) is 13.1. The van der Waals surface area contributed by atoms with Gasteiger partial charge in [-0.1, -0.05) is 0 Å². The molecular weight excluding hydrogens is 293 g/mol. The van der Waals surface area contributed by atoms with Crippen molar-refractivity contribution in [3.05, 3.63) is 23.5 Å². The van der Waals surface area contributed by atoms with Crippen LogP contribution in [0.2, 0.25) is 0 Å². The summed E-state index contributed by atoms with van der Waals surface area (Å²) < 4.78 is 83.2. The Kier molecular flexibility index (Phi) is 3.63. The summed E-state index contributed by atoms with van der Waals surface area (Å²) in [6.07, 6.45) is -8.21. The molecule has 0 radical (unpaired) electrons. The van der Waals surface area contributed by atoms with Gasteiger partial charge in [-0.15, -0.1) is 0 Å². The van der Waals surface area contributed by atoms with Gasteiger partial charge in [0.25, 0.3) is 15.5 Å². The Bertz CT molecular complexity index is 528. The van der Waals surface area contributed by atoms with Gasteiger partial charge in [-0.25, -0.2) is 17.2 Å². The lowest BCUT2D eigenvalue weighted by atomic mass is 10.2. The zero-order chi connectivity index (χ0) is 13.4. The number of rotatable bonds is 2. The standard InChI is InChI=1S/C7H3ClF5NO2S/c8-17(15,16)5-2-14-4(6(9)10)1-3(5)7(11,12)13/h1-2,6H. The van der Waals surface area contributed by atoms with Crippen molar-refractivity contribution in [1.82, 2.24) is 4.98 Å². The van der Waals surface area contributed by atoms with Crippen molar-refractivity contribution < 1.29 is 30.4 Å².